The number of ketones is 1. The van der Waals surface area contributed by atoms with Crippen LogP contribution in [0.3, 0.4) is 0 Å². The van der Waals surface area contributed by atoms with Gasteiger partial charge >= 0.3 is 0 Å². The van der Waals surface area contributed by atoms with E-state index in [2.05, 4.69) is 5.32 Å². The molecular weight excluding hydrogens is 394 g/mol. The molecule has 0 radical (unpaired) electrons. The molecule has 1 saturated heterocycles. The van der Waals surface area contributed by atoms with Crippen LogP contribution in [0.15, 0.2) is 29.6 Å². The summed E-state index contributed by atoms with van der Waals surface area (Å²) < 4.78 is 10.6. The summed E-state index contributed by atoms with van der Waals surface area (Å²) >= 11 is 1.43. The van der Waals surface area contributed by atoms with Gasteiger partial charge in [0.15, 0.2) is 17.3 Å². The van der Waals surface area contributed by atoms with Crippen molar-refractivity contribution in [1.29, 1.82) is 0 Å². The molecule has 29 heavy (non-hydrogen) atoms. The monoisotopic (exact) mass is 415 g/mol. The van der Waals surface area contributed by atoms with Gasteiger partial charge < -0.3 is 19.7 Å². The second-order valence-electron chi connectivity index (χ2n) is 6.90. The number of carbonyl (C=O) groups is 3. The highest BCUT2D eigenvalue weighted by Crippen LogP contribution is 2.37. The van der Waals surface area contributed by atoms with Crippen LogP contribution in [0.4, 0.5) is 5.69 Å². The van der Waals surface area contributed by atoms with Gasteiger partial charge in [0.25, 0.3) is 5.91 Å². The predicted molar refractivity (Wildman–Crippen MR) is 108 cm³/mol. The average molecular weight is 415 g/mol. The van der Waals surface area contributed by atoms with Crippen LogP contribution in [-0.2, 0) is 4.79 Å². The number of thiophene rings is 1. The maximum Gasteiger partial charge on any atom is 0.264 e. The van der Waals surface area contributed by atoms with E-state index in [-0.39, 0.29) is 30.9 Å². The zero-order chi connectivity index (χ0) is 20.4. The molecule has 0 atom stereocenters. The van der Waals surface area contributed by atoms with Crippen molar-refractivity contribution in [3.05, 3.63) is 40.1 Å². The molecule has 0 bridgehead atoms. The molecule has 0 spiro atoms. The highest BCUT2D eigenvalue weighted by Gasteiger charge is 2.25. The number of hydrogen-bond acceptors (Lipinski definition) is 7. The summed E-state index contributed by atoms with van der Waals surface area (Å²) in [6.07, 6.45) is 0. The Hall–Kier alpha value is -2.91. The largest absolute Gasteiger partial charge is 0.454 e. The van der Waals surface area contributed by atoms with Gasteiger partial charge in [0, 0.05) is 37.8 Å². The summed E-state index contributed by atoms with van der Waals surface area (Å²) in [5, 5.41) is 4.70. The van der Waals surface area contributed by atoms with Gasteiger partial charge in [0.2, 0.25) is 12.7 Å². The van der Waals surface area contributed by atoms with Crippen LogP contribution in [0.1, 0.15) is 27.0 Å². The number of ether oxygens (including phenoxy) is 2. The minimum Gasteiger partial charge on any atom is -0.454 e. The van der Waals surface area contributed by atoms with Crippen molar-refractivity contribution >= 4 is 34.6 Å². The van der Waals surface area contributed by atoms with Crippen LogP contribution in [-0.4, -0.2) is 66.9 Å². The quantitative estimate of drug-likeness (QED) is 0.753. The molecule has 9 heteroatoms. The van der Waals surface area contributed by atoms with Gasteiger partial charge in [-0.15, -0.1) is 11.3 Å². The average Bonchev–Trinajstić information content (AvgIpc) is 3.39. The minimum atomic E-state index is -0.218. The molecule has 3 heterocycles. The van der Waals surface area contributed by atoms with Crippen molar-refractivity contribution in [3.63, 3.8) is 0 Å². The van der Waals surface area contributed by atoms with E-state index in [0.29, 0.717) is 48.9 Å². The molecule has 4 rings (SSSR count). The number of amides is 2. The highest BCUT2D eigenvalue weighted by molar-refractivity contribution is 7.12. The maximum absolute atomic E-state index is 12.5. The summed E-state index contributed by atoms with van der Waals surface area (Å²) in [5.41, 5.74) is 0.798. The molecule has 1 N–H and O–H groups in total. The normalized spacial score (nSPS) is 16.0. The lowest BCUT2D eigenvalue weighted by molar-refractivity contribution is -0.117. The van der Waals surface area contributed by atoms with Gasteiger partial charge in [0.1, 0.15) is 0 Å². The van der Waals surface area contributed by atoms with Gasteiger partial charge in [-0.1, -0.05) is 6.07 Å². The third-order valence-electron chi connectivity index (χ3n) is 4.92. The lowest BCUT2D eigenvalue weighted by Gasteiger charge is -2.34. The summed E-state index contributed by atoms with van der Waals surface area (Å²) in [6.45, 7) is 4.11. The fourth-order valence-electron chi connectivity index (χ4n) is 3.39. The van der Waals surface area contributed by atoms with E-state index in [9.17, 15) is 14.4 Å². The number of hydrogen-bond donors (Lipinski definition) is 1. The van der Waals surface area contributed by atoms with Crippen LogP contribution in [0.5, 0.6) is 11.5 Å². The molecular formula is C20H21N3O5S. The number of carbonyl (C=O) groups excluding carboxylic acids is 3. The number of nitrogens with one attached hydrogen (secondary N) is 1. The van der Waals surface area contributed by atoms with E-state index < -0.39 is 0 Å². The fourth-order valence-corrected chi connectivity index (χ4v) is 4.09. The summed E-state index contributed by atoms with van der Waals surface area (Å²) in [5.74, 6) is 0.657. The molecule has 2 aliphatic heterocycles. The van der Waals surface area contributed by atoms with E-state index in [1.807, 2.05) is 27.3 Å². The number of benzene rings is 1. The Morgan fingerprint density at radius 3 is 2.48 bits per heavy atom. The zero-order valence-corrected chi connectivity index (χ0v) is 16.8. The first-order chi connectivity index (χ1) is 14.0. The third-order valence-corrected chi connectivity index (χ3v) is 5.78. The number of piperazine rings is 1. The van der Waals surface area contributed by atoms with Gasteiger partial charge in [-0.25, -0.2) is 0 Å². The van der Waals surface area contributed by atoms with E-state index in [1.54, 1.807) is 12.1 Å². The Morgan fingerprint density at radius 1 is 1.10 bits per heavy atom. The topological polar surface area (TPSA) is 88.2 Å². The van der Waals surface area contributed by atoms with Crippen molar-refractivity contribution in [1.82, 2.24) is 9.80 Å². The van der Waals surface area contributed by atoms with Crippen LogP contribution < -0.4 is 14.8 Å². The molecule has 0 aliphatic carbocycles. The van der Waals surface area contributed by atoms with Crippen molar-refractivity contribution in [2.24, 2.45) is 0 Å². The van der Waals surface area contributed by atoms with E-state index in [4.69, 9.17) is 9.47 Å². The smallest absolute Gasteiger partial charge is 0.264 e. The molecule has 8 nitrogen and oxygen atoms in total. The van der Waals surface area contributed by atoms with Crippen LogP contribution in [0.25, 0.3) is 0 Å². The first-order valence-corrected chi connectivity index (χ1v) is 10.2. The zero-order valence-electron chi connectivity index (χ0n) is 16.0. The molecule has 2 amide bonds. The number of Topliss-reactive ketones (excluding diaryl/α,β-unsaturated/α-hetero) is 1. The van der Waals surface area contributed by atoms with Gasteiger partial charge in [-0.3, -0.25) is 19.3 Å². The standard InChI is InChI=1S/C20H21N3O5S/c1-13(24)14-9-16-17(28-12-27-16)10-15(14)21-19(25)11-22-4-6-23(7-5-22)20(26)18-3-2-8-29-18/h2-3,8-10H,4-7,11-12H2,1H3,(H,21,25). The lowest BCUT2D eigenvalue weighted by Crippen LogP contribution is -2.50. The van der Waals surface area contributed by atoms with Crippen molar-refractivity contribution < 1.29 is 23.9 Å². The van der Waals surface area contributed by atoms with Crippen molar-refractivity contribution in [2.75, 3.05) is 44.8 Å². The molecule has 0 unspecified atom stereocenters. The first kappa shape index (κ1) is 19.4. The summed E-state index contributed by atoms with van der Waals surface area (Å²) in [7, 11) is 0. The molecule has 1 aromatic heterocycles. The first-order valence-electron chi connectivity index (χ1n) is 9.31. The summed E-state index contributed by atoms with van der Waals surface area (Å²) in [4.78, 5) is 41.4. The molecule has 2 aromatic rings. The summed E-state index contributed by atoms with van der Waals surface area (Å²) in [6, 6.07) is 6.90. The number of fused-ring (bicyclic) bond motifs is 1. The number of anilines is 1. The third kappa shape index (κ3) is 4.25. The molecule has 152 valence electrons. The molecule has 1 fully saturated rings. The second kappa shape index (κ2) is 8.22. The van der Waals surface area contributed by atoms with E-state index in [0.717, 1.165) is 4.88 Å². The van der Waals surface area contributed by atoms with E-state index in [1.165, 1.54) is 18.3 Å². The van der Waals surface area contributed by atoms with Gasteiger partial charge in [0.05, 0.1) is 17.1 Å². The lowest BCUT2D eigenvalue weighted by atomic mass is 10.1. The van der Waals surface area contributed by atoms with Gasteiger partial charge in [-0.2, -0.15) is 0 Å². The molecule has 0 saturated carbocycles. The fraction of sp³-hybridized carbons (Fsp3) is 0.350. The van der Waals surface area contributed by atoms with Crippen molar-refractivity contribution in [2.45, 2.75) is 6.92 Å². The van der Waals surface area contributed by atoms with Crippen LogP contribution in [0.2, 0.25) is 0 Å². The Bertz CT molecular complexity index is 936. The Labute approximate surface area is 172 Å². The predicted octanol–water partition coefficient (Wildman–Crippen LogP) is 2.08. The number of nitrogens with zero attached hydrogens (tertiary/aromatic N) is 2. The van der Waals surface area contributed by atoms with Gasteiger partial charge in [-0.05, 0) is 24.4 Å². The van der Waals surface area contributed by atoms with E-state index >= 15 is 0 Å². The Kier molecular flexibility index (Phi) is 5.50. The number of rotatable bonds is 5. The van der Waals surface area contributed by atoms with Crippen molar-refractivity contribution in [3.8, 4) is 11.5 Å². The molecule has 2 aliphatic rings. The van der Waals surface area contributed by atoms with Crippen LogP contribution >= 0.6 is 11.3 Å². The Balaban J connectivity index is 1.34. The minimum absolute atomic E-state index is 0.0376. The second-order valence-corrected chi connectivity index (χ2v) is 7.85. The molecule has 1 aromatic carbocycles. The highest BCUT2D eigenvalue weighted by atomic mass is 32.1. The maximum atomic E-state index is 12.5. The Morgan fingerprint density at radius 2 is 1.83 bits per heavy atom. The SMILES string of the molecule is CC(=O)c1cc2c(cc1NC(=O)CN1CCN(C(=O)c3cccs3)CC1)OCO2. The van der Waals surface area contributed by atoms with Crippen LogP contribution in [0, 0.1) is 0 Å².